The molecule has 1 aromatic heterocycles. The molecule has 5 heteroatoms. The molecule has 0 aliphatic carbocycles. The lowest BCUT2D eigenvalue weighted by atomic mass is 10.1. The van der Waals surface area contributed by atoms with Crippen molar-refractivity contribution >= 4 is 44.8 Å². The first-order valence-electron chi connectivity index (χ1n) is 6.13. The summed E-state index contributed by atoms with van der Waals surface area (Å²) in [5, 5.41) is 19.7. The molecular formula is C16H9ClN2OS. The number of phenolic OH excluding ortho intramolecular Hbond substituents is 1. The van der Waals surface area contributed by atoms with Crippen LogP contribution in [-0.4, -0.2) is 10.1 Å². The summed E-state index contributed by atoms with van der Waals surface area (Å²) >= 11 is 7.35. The lowest BCUT2D eigenvalue weighted by Crippen LogP contribution is -1.81. The Labute approximate surface area is 130 Å². The van der Waals surface area contributed by atoms with E-state index in [2.05, 4.69) is 11.1 Å². The zero-order valence-corrected chi connectivity index (χ0v) is 12.3. The van der Waals surface area contributed by atoms with Crippen LogP contribution >= 0.6 is 22.9 Å². The molecule has 0 amide bonds. The maximum atomic E-state index is 9.42. The van der Waals surface area contributed by atoms with Gasteiger partial charge in [0.05, 0.1) is 20.8 Å². The summed E-state index contributed by atoms with van der Waals surface area (Å²) in [6.07, 6.45) is 1.71. The van der Waals surface area contributed by atoms with Crippen LogP contribution in [0.1, 0.15) is 10.6 Å². The van der Waals surface area contributed by atoms with Gasteiger partial charge in [-0.25, -0.2) is 4.98 Å². The third-order valence-electron chi connectivity index (χ3n) is 2.93. The molecule has 1 heterocycles. The van der Waals surface area contributed by atoms with Crippen molar-refractivity contribution in [2.45, 2.75) is 0 Å². The average molecular weight is 313 g/mol. The number of allylic oxidation sites excluding steroid dienone is 1. The molecule has 0 radical (unpaired) electrons. The van der Waals surface area contributed by atoms with E-state index in [1.54, 1.807) is 18.2 Å². The lowest BCUT2D eigenvalue weighted by Gasteiger charge is -1.99. The number of aromatic nitrogens is 1. The predicted molar refractivity (Wildman–Crippen MR) is 86.2 cm³/mol. The second-order valence-corrected chi connectivity index (χ2v) is 5.81. The van der Waals surface area contributed by atoms with E-state index in [1.807, 2.05) is 24.3 Å². The SMILES string of the molecule is N#C/C(=C/c1ccc(O)c(Cl)c1)c1nc2ccccc2s1. The third-order valence-corrected chi connectivity index (χ3v) is 4.30. The minimum atomic E-state index is 0.0207. The van der Waals surface area contributed by atoms with Crippen LogP contribution in [0.2, 0.25) is 5.02 Å². The Balaban J connectivity index is 2.06. The minimum absolute atomic E-state index is 0.0207. The topological polar surface area (TPSA) is 56.9 Å². The van der Waals surface area contributed by atoms with Gasteiger partial charge in [-0.3, -0.25) is 0 Å². The van der Waals surface area contributed by atoms with E-state index in [4.69, 9.17) is 11.6 Å². The van der Waals surface area contributed by atoms with E-state index in [1.165, 1.54) is 17.4 Å². The number of nitriles is 1. The fourth-order valence-electron chi connectivity index (χ4n) is 1.91. The Morgan fingerprint density at radius 3 is 2.81 bits per heavy atom. The van der Waals surface area contributed by atoms with Crippen molar-refractivity contribution in [3.63, 3.8) is 0 Å². The van der Waals surface area contributed by atoms with Gasteiger partial charge in [0.25, 0.3) is 0 Å². The summed E-state index contributed by atoms with van der Waals surface area (Å²) in [6, 6.07) is 14.7. The summed E-state index contributed by atoms with van der Waals surface area (Å²) in [7, 11) is 0. The monoisotopic (exact) mass is 312 g/mol. The Morgan fingerprint density at radius 1 is 1.29 bits per heavy atom. The number of para-hydroxylation sites is 1. The van der Waals surface area contributed by atoms with Crippen molar-refractivity contribution in [3.05, 3.63) is 58.1 Å². The van der Waals surface area contributed by atoms with Crippen molar-refractivity contribution in [1.82, 2.24) is 4.98 Å². The number of thiazole rings is 1. The average Bonchev–Trinajstić information content (AvgIpc) is 2.92. The molecule has 102 valence electrons. The fourth-order valence-corrected chi connectivity index (χ4v) is 3.03. The second-order valence-electron chi connectivity index (χ2n) is 4.37. The molecule has 0 saturated carbocycles. The summed E-state index contributed by atoms with van der Waals surface area (Å²) in [6.45, 7) is 0. The molecule has 1 N–H and O–H groups in total. The van der Waals surface area contributed by atoms with Crippen molar-refractivity contribution in [3.8, 4) is 11.8 Å². The maximum Gasteiger partial charge on any atom is 0.135 e. The number of halogens is 1. The minimum Gasteiger partial charge on any atom is -0.506 e. The highest BCUT2D eigenvalue weighted by Crippen LogP contribution is 2.29. The van der Waals surface area contributed by atoms with Gasteiger partial charge in [0.1, 0.15) is 16.8 Å². The van der Waals surface area contributed by atoms with Gasteiger partial charge >= 0.3 is 0 Å². The van der Waals surface area contributed by atoms with Crippen molar-refractivity contribution in [2.75, 3.05) is 0 Å². The molecule has 0 aliphatic heterocycles. The first kappa shape index (κ1) is 13.6. The molecule has 0 fully saturated rings. The summed E-state index contributed by atoms with van der Waals surface area (Å²) < 4.78 is 1.04. The van der Waals surface area contributed by atoms with E-state index >= 15 is 0 Å². The molecule has 0 aliphatic rings. The van der Waals surface area contributed by atoms with E-state index in [-0.39, 0.29) is 10.8 Å². The van der Waals surface area contributed by atoms with Gasteiger partial charge in [0.2, 0.25) is 0 Å². The molecule has 0 spiro atoms. The Morgan fingerprint density at radius 2 is 2.10 bits per heavy atom. The predicted octanol–water partition coefficient (Wildman–Crippen LogP) is 4.72. The standard InChI is InChI=1S/C16H9ClN2OS/c17-12-8-10(5-6-14(12)20)7-11(9-18)16-19-13-3-1-2-4-15(13)21-16/h1-8,20H/b11-7-. The van der Waals surface area contributed by atoms with Gasteiger partial charge in [-0.1, -0.05) is 29.8 Å². The van der Waals surface area contributed by atoms with Gasteiger partial charge in [-0.15, -0.1) is 11.3 Å². The quantitative estimate of drug-likeness (QED) is 0.697. The molecular weight excluding hydrogens is 304 g/mol. The normalized spacial score (nSPS) is 11.5. The molecule has 3 aromatic rings. The first-order chi connectivity index (χ1) is 10.2. The van der Waals surface area contributed by atoms with Crippen LogP contribution in [0.4, 0.5) is 0 Å². The molecule has 3 nitrogen and oxygen atoms in total. The lowest BCUT2D eigenvalue weighted by molar-refractivity contribution is 0.475. The third kappa shape index (κ3) is 2.75. The number of rotatable bonds is 2. The molecule has 3 rings (SSSR count). The van der Waals surface area contributed by atoms with Crippen molar-refractivity contribution in [2.24, 2.45) is 0 Å². The maximum absolute atomic E-state index is 9.42. The molecule has 0 unspecified atom stereocenters. The van der Waals surface area contributed by atoms with Crippen molar-refractivity contribution < 1.29 is 5.11 Å². The number of nitrogens with zero attached hydrogens (tertiary/aromatic N) is 2. The summed E-state index contributed by atoms with van der Waals surface area (Å²) in [4.78, 5) is 4.47. The number of fused-ring (bicyclic) bond motifs is 1. The fraction of sp³-hybridized carbons (Fsp3) is 0. The Bertz CT molecular complexity index is 860. The summed E-state index contributed by atoms with van der Waals surface area (Å²) in [5.74, 6) is 0.0207. The highest BCUT2D eigenvalue weighted by atomic mass is 35.5. The zero-order valence-electron chi connectivity index (χ0n) is 10.7. The largest absolute Gasteiger partial charge is 0.506 e. The van der Waals surface area contributed by atoms with E-state index in [0.717, 1.165) is 15.8 Å². The van der Waals surface area contributed by atoms with E-state index in [0.29, 0.717) is 10.6 Å². The van der Waals surface area contributed by atoms with Gasteiger partial charge in [0.15, 0.2) is 0 Å². The molecule has 0 bridgehead atoms. The van der Waals surface area contributed by atoms with Crippen LogP contribution in [0.25, 0.3) is 21.9 Å². The smallest absolute Gasteiger partial charge is 0.135 e. The first-order valence-corrected chi connectivity index (χ1v) is 7.33. The molecule has 0 saturated heterocycles. The van der Waals surface area contributed by atoms with E-state index in [9.17, 15) is 10.4 Å². The van der Waals surface area contributed by atoms with Crippen LogP contribution in [0.3, 0.4) is 0 Å². The number of benzene rings is 2. The number of hydrogen-bond acceptors (Lipinski definition) is 4. The van der Waals surface area contributed by atoms with Crippen molar-refractivity contribution in [1.29, 1.82) is 5.26 Å². The van der Waals surface area contributed by atoms with Crippen LogP contribution in [0.15, 0.2) is 42.5 Å². The van der Waals surface area contributed by atoms with E-state index < -0.39 is 0 Å². The summed E-state index contributed by atoms with van der Waals surface area (Å²) in [5.41, 5.74) is 2.09. The molecule has 0 atom stereocenters. The Kier molecular flexibility index (Phi) is 3.61. The molecule has 21 heavy (non-hydrogen) atoms. The number of aromatic hydroxyl groups is 1. The van der Waals surface area contributed by atoms with Gasteiger partial charge in [0, 0.05) is 0 Å². The Hall–Kier alpha value is -2.35. The number of hydrogen-bond donors (Lipinski definition) is 1. The van der Waals surface area contributed by atoms with Crippen LogP contribution in [-0.2, 0) is 0 Å². The molecule has 2 aromatic carbocycles. The number of phenols is 1. The highest BCUT2D eigenvalue weighted by molar-refractivity contribution is 7.19. The van der Waals surface area contributed by atoms with Crippen LogP contribution < -0.4 is 0 Å². The van der Waals surface area contributed by atoms with Crippen LogP contribution in [0, 0.1) is 11.3 Å². The highest BCUT2D eigenvalue weighted by Gasteiger charge is 2.09. The van der Waals surface area contributed by atoms with Crippen LogP contribution in [0.5, 0.6) is 5.75 Å². The van der Waals surface area contributed by atoms with Gasteiger partial charge in [-0.05, 0) is 35.9 Å². The van der Waals surface area contributed by atoms with Gasteiger partial charge < -0.3 is 5.11 Å². The van der Waals surface area contributed by atoms with Gasteiger partial charge in [-0.2, -0.15) is 5.26 Å². The second kappa shape index (κ2) is 5.57. The zero-order chi connectivity index (χ0) is 14.8.